The second-order valence-corrected chi connectivity index (χ2v) is 5.10. The maximum absolute atomic E-state index is 11.5. The van der Waals surface area contributed by atoms with Gasteiger partial charge in [-0.05, 0) is 24.3 Å². The van der Waals surface area contributed by atoms with Crippen LogP contribution in [0.15, 0.2) is 54.7 Å². The first-order valence-corrected chi connectivity index (χ1v) is 7.19. The largest absolute Gasteiger partial charge is 0.478 e. The first-order chi connectivity index (χ1) is 11.7. The molecule has 0 atom stereocenters. The van der Waals surface area contributed by atoms with Crippen LogP contribution in [-0.2, 0) is 0 Å². The van der Waals surface area contributed by atoms with Gasteiger partial charge in [-0.15, -0.1) is 0 Å². The number of aromatic nitrogens is 5. The van der Waals surface area contributed by atoms with E-state index in [-0.39, 0.29) is 5.56 Å². The number of benzene rings is 1. The smallest absolute Gasteiger partial charge is 0.336 e. The van der Waals surface area contributed by atoms with E-state index in [2.05, 4.69) is 25.1 Å². The molecule has 0 aliphatic heterocycles. The Balaban J connectivity index is 1.85. The number of para-hydroxylation sites is 1. The molecular formula is C17H11N5O2. The lowest BCUT2D eigenvalue weighted by atomic mass is 10.1. The number of carboxylic acids is 1. The number of fused-ring (bicyclic) bond motifs is 1. The van der Waals surface area contributed by atoms with E-state index in [1.165, 1.54) is 6.07 Å². The minimum atomic E-state index is -1.02. The highest BCUT2D eigenvalue weighted by molar-refractivity contribution is 6.03. The summed E-state index contributed by atoms with van der Waals surface area (Å²) in [5, 5.41) is 17.0. The van der Waals surface area contributed by atoms with E-state index in [4.69, 9.17) is 0 Å². The van der Waals surface area contributed by atoms with Gasteiger partial charge in [0.25, 0.3) is 0 Å². The van der Waals surface area contributed by atoms with Crippen LogP contribution < -0.4 is 0 Å². The predicted octanol–water partition coefficient (Wildman–Crippen LogP) is 2.78. The first kappa shape index (κ1) is 14.0. The normalized spacial score (nSPS) is 10.8. The molecule has 3 aromatic heterocycles. The molecule has 3 heterocycles. The van der Waals surface area contributed by atoms with Crippen molar-refractivity contribution in [3.8, 4) is 23.0 Å². The van der Waals surface area contributed by atoms with Gasteiger partial charge in [-0.2, -0.15) is 5.10 Å². The fourth-order valence-electron chi connectivity index (χ4n) is 2.46. The van der Waals surface area contributed by atoms with E-state index >= 15 is 0 Å². The van der Waals surface area contributed by atoms with Crippen molar-refractivity contribution in [3.63, 3.8) is 0 Å². The molecule has 0 saturated carbocycles. The lowest BCUT2D eigenvalue weighted by Crippen LogP contribution is -2.00. The Bertz CT molecular complexity index is 1040. The Morgan fingerprint density at radius 1 is 1.00 bits per heavy atom. The Kier molecular flexibility index (Phi) is 3.24. The van der Waals surface area contributed by atoms with Gasteiger partial charge in [0.15, 0.2) is 11.6 Å². The molecule has 24 heavy (non-hydrogen) atoms. The number of pyridine rings is 2. The average Bonchev–Trinajstić information content (AvgIpc) is 3.11. The lowest BCUT2D eigenvalue weighted by Gasteiger charge is -2.04. The Morgan fingerprint density at radius 2 is 1.83 bits per heavy atom. The molecule has 0 fully saturated rings. The topological polar surface area (TPSA) is 105 Å². The highest BCUT2D eigenvalue weighted by Crippen LogP contribution is 2.24. The minimum absolute atomic E-state index is 0.166. The second-order valence-electron chi connectivity index (χ2n) is 5.10. The molecule has 0 spiro atoms. The first-order valence-electron chi connectivity index (χ1n) is 7.19. The summed E-state index contributed by atoms with van der Waals surface area (Å²) < 4.78 is 0. The summed E-state index contributed by atoms with van der Waals surface area (Å²) in [5.74, 6) is -0.198. The number of hydrogen-bond donors (Lipinski definition) is 2. The molecule has 0 radical (unpaired) electrons. The van der Waals surface area contributed by atoms with Gasteiger partial charge in [-0.1, -0.05) is 24.3 Å². The zero-order chi connectivity index (χ0) is 16.5. The summed E-state index contributed by atoms with van der Waals surface area (Å²) >= 11 is 0. The van der Waals surface area contributed by atoms with E-state index in [0.717, 1.165) is 0 Å². The van der Waals surface area contributed by atoms with E-state index in [1.807, 2.05) is 18.2 Å². The Morgan fingerprint density at radius 3 is 2.62 bits per heavy atom. The molecule has 0 aliphatic rings. The zero-order valence-electron chi connectivity index (χ0n) is 12.3. The third kappa shape index (κ3) is 2.38. The average molecular weight is 317 g/mol. The van der Waals surface area contributed by atoms with Crippen molar-refractivity contribution >= 4 is 16.9 Å². The molecule has 4 rings (SSSR count). The van der Waals surface area contributed by atoms with Gasteiger partial charge < -0.3 is 5.11 Å². The van der Waals surface area contributed by atoms with Gasteiger partial charge in [0, 0.05) is 11.6 Å². The number of rotatable bonds is 3. The molecule has 0 unspecified atom stereocenters. The van der Waals surface area contributed by atoms with Crippen molar-refractivity contribution in [1.82, 2.24) is 25.1 Å². The van der Waals surface area contributed by atoms with Crippen LogP contribution in [0.2, 0.25) is 0 Å². The lowest BCUT2D eigenvalue weighted by molar-refractivity contribution is 0.0699. The van der Waals surface area contributed by atoms with Crippen LogP contribution >= 0.6 is 0 Å². The van der Waals surface area contributed by atoms with Crippen LogP contribution in [0.25, 0.3) is 33.9 Å². The summed E-state index contributed by atoms with van der Waals surface area (Å²) in [4.78, 5) is 24.6. The number of aromatic carboxylic acids is 1. The van der Waals surface area contributed by atoms with Crippen molar-refractivity contribution in [2.45, 2.75) is 0 Å². The maximum atomic E-state index is 11.5. The van der Waals surface area contributed by atoms with Crippen molar-refractivity contribution < 1.29 is 9.90 Å². The SMILES string of the molecule is O=C(O)c1cc(-c2n[nH]c(-c3ccccn3)n2)nc2ccccc12. The molecular weight excluding hydrogens is 306 g/mol. The number of hydrogen-bond acceptors (Lipinski definition) is 5. The molecule has 4 aromatic rings. The van der Waals surface area contributed by atoms with E-state index < -0.39 is 5.97 Å². The molecule has 0 amide bonds. The van der Waals surface area contributed by atoms with Crippen LogP contribution in [0.4, 0.5) is 0 Å². The fraction of sp³-hybridized carbons (Fsp3) is 0. The Hall–Kier alpha value is -3.61. The molecule has 2 N–H and O–H groups in total. The van der Waals surface area contributed by atoms with Gasteiger partial charge in [0.1, 0.15) is 11.4 Å². The van der Waals surface area contributed by atoms with E-state index in [1.54, 1.807) is 30.5 Å². The van der Waals surface area contributed by atoms with Crippen molar-refractivity contribution in [2.75, 3.05) is 0 Å². The number of aromatic amines is 1. The zero-order valence-corrected chi connectivity index (χ0v) is 12.3. The molecule has 1 aromatic carbocycles. The Labute approximate surface area is 136 Å². The van der Waals surface area contributed by atoms with Crippen LogP contribution in [0.5, 0.6) is 0 Å². The number of nitrogens with one attached hydrogen (secondary N) is 1. The van der Waals surface area contributed by atoms with Crippen molar-refractivity contribution in [2.24, 2.45) is 0 Å². The molecule has 7 nitrogen and oxygen atoms in total. The summed E-state index contributed by atoms with van der Waals surface area (Å²) in [5.41, 5.74) is 1.79. The molecule has 0 bridgehead atoms. The fourth-order valence-corrected chi connectivity index (χ4v) is 2.46. The number of carboxylic acid groups (broad SMARTS) is 1. The minimum Gasteiger partial charge on any atom is -0.478 e. The third-order valence-electron chi connectivity index (χ3n) is 3.57. The third-order valence-corrected chi connectivity index (χ3v) is 3.57. The summed E-state index contributed by atoms with van der Waals surface area (Å²) in [6.07, 6.45) is 1.66. The second kappa shape index (κ2) is 5.54. The molecule has 116 valence electrons. The van der Waals surface area contributed by atoms with Gasteiger partial charge in [-0.25, -0.2) is 14.8 Å². The quantitative estimate of drug-likeness (QED) is 0.602. The molecule has 0 saturated heterocycles. The number of nitrogens with zero attached hydrogens (tertiary/aromatic N) is 4. The number of H-pyrrole nitrogens is 1. The standard InChI is InChI=1S/C17H11N5O2/c23-17(24)11-9-14(19-12-6-2-1-5-10(11)12)16-20-15(21-22-16)13-7-3-4-8-18-13/h1-9H,(H,23,24)(H,20,21,22). The highest BCUT2D eigenvalue weighted by Gasteiger charge is 2.15. The van der Waals surface area contributed by atoms with E-state index in [9.17, 15) is 9.90 Å². The van der Waals surface area contributed by atoms with Crippen LogP contribution in [0, 0.1) is 0 Å². The van der Waals surface area contributed by atoms with E-state index in [0.29, 0.717) is 33.9 Å². The molecule has 0 aliphatic carbocycles. The van der Waals surface area contributed by atoms with Crippen LogP contribution in [-0.4, -0.2) is 36.2 Å². The maximum Gasteiger partial charge on any atom is 0.336 e. The van der Waals surface area contributed by atoms with Gasteiger partial charge in [0.2, 0.25) is 0 Å². The number of carbonyl (C=O) groups is 1. The van der Waals surface area contributed by atoms with Crippen LogP contribution in [0.3, 0.4) is 0 Å². The van der Waals surface area contributed by atoms with Gasteiger partial charge in [0.05, 0.1) is 11.1 Å². The monoisotopic (exact) mass is 317 g/mol. The van der Waals surface area contributed by atoms with Crippen LogP contribution in [0.1, 0.15) is 10.4 Å². The summed E-state index contributed by atoms with van der Waals surface area (Å²) in [7, 11) is 0. The van der Waals surface area contributed by atoms with Crippen molar-refractivity contribution in [3.05, 3.63) is 60.3 Å². The van der Waals surface area contributed by atoms with Gasteiger partial charge in [-0.3, -0.25) is 10.1 Å². The highest BCUT2D eigenvalue weighted by atomic mass is 16.4. The predicted molar refractivity (Wildman–Crippen MR) is 87.3 cm³/mol. The van der Waals surface area contributed by atoms with Gasteiger partial charge >= 0.3 is 5.97 Å². The van der Waals surface area contributed by atoms with Crippen molar-refractivity contribution in [1.29, 1.82) is 0 Å². The summed E-state index contributed by atoms with van der Waals surface area (Å²) in [6.45, 7) is 0. The summed E-state index contributed by atoms with van der Waals surface area (Å²) in [6, 6.07) is 14.0. The molecule has 7 heteroatoms.